The van der Waals surface area contributed by atoms with Crippen molar-refractivity contribution in [3.8, 4) is 11.5 Å². The molecule has 0 saturated heterocycles. The van der Waals surface area contributed by atoms with Crippen molar-refractivity contribution in [2.24, 2.45) is 0 Å². The summed E-state index contributed by atoms with van der Waals surface area (Å²) in [5.41, 5.74) is -0.803. The van der Waals surface area contributed by atoms with E-state index in [1.807, 2.05) is 0 Å². The van der Waals surface area contributed by atoms with Gasteiger partial charge in [0.2, 0.25) is 0 Å². The first kappa shape index (κ1) is 23.0. The van der Waals surface area contributed by atoms with Gasteiger partial charge in [0.15, 0.2) is 17.3 Å². The Morgan fingerprint density at radius 1 is 1.17 bits per heavy atom. The van der Waals surface area contributed by atoms with Crippen molar-refractivity contribution in [3.63, 3.8) is 0 Å². The maximum atomic E-state index is 13.8. The largest absolute Gasteiger partial charge is 0.505 e. The van der Waals surface area contributed by atoms with Crippen molar-refractivity contribution >= 4 is 37.6 Å². The number of nitrogens with one attached hydrogen (secondary N) is 1. The SMILES string of the molecule is CCc1cc(NS(=O)(=O)c2cc(Br)cc(F)c2O)c(O)c(C(=O)OC(C)(C)C)c1. The zero-order chi connectivity index (χ0) is 22.1. The van der Waals surface area contributed by atoms with E-state index in [0.717, 1.165) is 12.1 Å². The smallest absolute Gasteiger partial charge is 0.342 e. The van der Waals surface area contributed by atoms with Gasteiger partial charge in [-0.1, -0.05) is 22.9 Å². The molecule has 0 bridgehead atoms. The molecule has 2 aromatic carbocycles. The lowest BCUT2D eigenvalue weighted by atomic mass is 10.1. The van der Waals surface area contributed by atoms with Crippen LogP contribution in [0.5, 0.6) is 11.5 Å². The predicted octanol–water partition coefficient (Wildman–Crippen LogP) is 4.32. The maximum absolute atomic E-state index is 13.8. The molecule has 0 aromatic heterocycles. The molecular formula is C19H21BrFNO6S. The summed E-state index contributed by atoms with van der Waals surface area (Å²) in [5.74, 6) is -3.68. The van der Waals surface area contributed by atoms with Crippen LogP contribution in [0.15, 0.2) is 33.6 Å². The number of hydrogen-bond acceptors (Lipinski definition) is 6. The number of hydrogen-bond donors (Lipinski definition) is 3. The summed E-state index contributed by atoms with van der Waals surface area (Å²) in [6.45, 7) is 6.73. The third-order valence-corrected chi connectivity index (χ3v) is 5.56. The van der Waals surface area contributed by atoms with Crippen molar-refractivity contribution < 1.29 is 32.6 Å². The molecule has 2 rings (SSSR count). The van der Waals surface area contributed by atoms with Crippen LogP contribution >= 0.6 is 15.9 Å². The number of esters is 1. The lowest BCUT2D eigenvalue weighted by Crippen LogP contribution is -2.24. The Bertz CT molecular complexity index is 1060. The molecular weight excluding hydrogens is 469 g/mol. The van der Waals surface area contributed by atoms with Crippen LogP contribution in [0.4, 0.5) is 10.1 Å². The minimum atomic E-state index is -4.50. The van der Waals surface area contributed by atoms with Gasteiger partial charge in [-0.2, -0.15) is 0 Å². The normalized spacial score (nSPS) is 11.9. The Kier molecular flexibility index (Phi) is 6.48. The van der Waals surface area contributed by atoms with Crippen LogP contribution in [0.25, 0.3) is 0 Å². The zero-order valence-corrected chi connectivity index (χ0v) is 18.6. The molecule has 0 aliphatic rings. The first-order chi connectivity index (χ1) is 13.2. The highest BCUT2D eigenvalue weighted by atomic mass is 79.9. The molecule has 0 aliphatic heterocycles. The van der Waals surface area contributed by atoms with Crippen molar-refractivity contribution in [2.45, 2.75) is 44.6 Å². The minimum Gasteiger partial charge on any atom is -0.505 e. The number of rotatable bonds is 5. The van der Waals surface area contributed by atoms with Gasteiger partial charge in [-0.15, -0.1) is 0 Å². The molecule has 0 atom stereocenters. The van der Waals surface area contributed by atoms with Gasteiger partial charge in [-0.05, 0) is 57.0 Å². The van der Waals surface area contributed by atoms with Gasteiger partial charge in [0.1, 0.15) is 16.1 Å². The number of carbonyl (C=O) groups excluding carboxylic acids is 1. The monoisotopic (exact) mass is 489 g/mol. The summed E-state index contributed by atoms with van der Waals surface area (Å²) >= 11 is 2.97. The third kappa shape index (κ3) is 5.39. The molecule has 0 radical (unpaired) electrons. The fourth-order valence-electron chi connectivity index (χ4n) is 2.41. The summed E-state index contributed by atoms with van der Waals surface area (Å²) in [6.07, 6.45) is 0.432. The van der Waals surface area contributed by atoms with Gasteiger partial charge in [-0.25, -0.2) is 17.6 Å². The standard InChI is InChI=1S/C19H21BrFNO6S/c1-5-10-6-12(18(25)28-19(2,3)4)16(23)14(7-10)22-29(26,27)15-9-11(20)8-13(21)17(15)24/h6-9,22-24H,5H2,1-4H3. The van der Waals surface area contributed by atoms with Crippen LogP contribution in [0.1, 0.15) is 43.6 Å². The van der Waals surface area contributed by atoms with Gasteiger partial charge in [0.05, 0.1) is 5.69 Å². The number of carbonyl (C=O) groups is 1. The first-order valence-electron chi connectivity index (χ1n) is 8.55. The first-order valence-corrected chi connectivity index (χ1v) is 10.8. The average Bonchev–Trinajstić information content (AvgIpc) is 2.57. The topological polar surface area (TPSA) is 113 Å². The number of aryl methyl sites for hydroxylation is 1. The van der Waals surface area contributed by atoms with Gasteiger partial charge in [0, 0.05) is 4.47 Å². The molecule has 0 aliphatic carbocycles. The lowest BCUT2D eigenvalue weighted by Gasteiger charge is -2.21. The van der Waals surface area contributed by atoms with E-state index in [1.54, 1.807) is 27.7 Å². The fourth-order valence-corrected chi connectivity index (χ4v) is 4.18. The molecule has 0 amide bonds. The second-order valence-electron chi connectivity index (χ2n) is 7.23. The van der Waals surface area contributed by atoms with Gasteiger partial charge in [-0.3, -0.25) is 4.72 Å². The molecule has 29 heavy (non-hydrogen) atoms. The van der Waals surface area contributed by atoms with Crippen LogP contribution in [0.2, 0.25) is 0 Å². The number of benzene rings is 2. The quantitative estimate of drug-likeness (QED) is 0.425. The van der Waals surface area contributed by atoms with Crippen LogP contribution in [-0.4, -0.2) is 30.2 Å². The second kappa shape index (κ2) is 8.19. The number of phenolic OH excluding ortho intramolecular Hbond substituents is 2. The summed E-state index contributed by atoms with van der Waals surface area (Å²) in [7, 11) is -4.50. The van der Waals surface area contributed by atoms with E-state index in [1.165, 1.54) is 12.1 Å². The van der Waals surface area contributed by atoms with Gasteiger partial charge in [0.25, 0.3) is 10.0 Å². The predicted molar refractivity (Wildman–Crippen MR) is 109 cm³/mol. The number of halogens is 2. The highest BCUT2D eigenvalue weighted by molar-refractivity contribution is 9.10. The molecule has 3 N–H and O–H groups in total. The average molecular weight is 490 g/mol. The summed E-state index contributed by atoms with van der Waals surface area (Å²) in [5, 5.41) is 20.3. The Morgan fingerprint density at radius 3 is 2.34 bits per heavy atom. The van der Waals surface area contributed by atoms with E-state index in [4.69, 9.17) is 4.74 Å². The highest BCUT2D eigenvalue weighted by Gasteiger charge is 2.27. The van der Waals surface area contributed by atoms with Crippen molar-refractivity contribution in [2.75, 3.05) is 4.72 Å². The summed E-state index contributed by atoms with van der Waals surface area (Å²) in [4.78, 5) is 11.7. The molecule has 0 fully saturated rings. The Labute approximate surface area is 176 Å². The molecule has 0 heterocycles. The van der Waals surface area contributed by atoms with Gasteiger partial charge >= 0.3 is 5.97 Å². The van der Waals surface area contributed by atoms with E-state index >= 15 is 0 Å². The van der Waals surface area contributed by atoms with Crippen molar-refractivity contribution in [3.05, 3.63) is 45.7 Å². The Balaban J connectivity index is 2.55. The Hall–Kier alpha value is -2.33. The van der Waals surface area contributed by atoms with Crippen molar-refractivity contribution in [1.82, 2.24) is 0 Å². The Morgan fingerprint density at radius 2 is 1.79 bits per heavy atom. The number of phenols is 2. The molecule has 0 unspecified atom stereocenters. The number of aromatic hydroxyl groups is 2. The molecule has 0 saturated carbocycles. The van der Waals surface area contributed by atoms with Gasteiger partial charge < -0.3 is 14.9 Å². The molecule has 0 spiro atoms. The molecule has 158 valence electrons. The van der Waals surface area contributed by atoms with E-state index < -0.39 is 43.8 Å². The van der Waals surface area contributed by atoms with Crippen molar-refractivity contribution in [1.29, 1.82) is 0 Å². The summed E-state index contributed by atoms with van der Waals surface area (Å²) < 4.78 is 46.6. The van der Waals surface area contributed by atoms with E-state index in [9.17, 15) is 27.8 Å². The maximum Gasteiger partial charge on any atom is 0.342 e. The number of anilines is 1. The van der Waals surface area contributed by atoms with Crippen LogP contribution in [0, 0.1) is 5.82 Å². The van der Waals surface area contributed by atoms with E-state index in [0.29, 0.717) is 12.0 Å². The lowest BCUT2D eigenvalue weighted by molar-refractivity contribution is 0.00667. The molecule has 7 nitrogen and oxygen atoms in total. The highest BCUT2D eigenvalue weighted by Crippen LogP contribution is 2.35. The second-order valence-corrected chi connectivity index (χ2v) is 9.80. The molecule has 2 aromatic rings. The molecule has 10 heteroatoms. The zero-order valence-electron chi connectivity index (χ0n) is 16.2. The van der Waals surface area contributed by atoms with Crippen LogP contribution in [0.3, 0.4) is 0 Å². The third-order valence-electron chi connectivity index (χ3n) is 3.72. The van der Waals surface area contributed by atoms with Crippen LogP contribution < -0.4 is 4.72 Å². The minimum absolute atomic E-state index is 0.0918. The van der Waals surface area contributed by atoms with Crippen LogP contribution in [-0.2, 0) is 21.2 Å². The number of sulfonamides is 1. The fraction of sp³-hybridized carbons (Fsp3) is 0.316. The van der Waals surface area contributed by atoms with E-state index in [2.05, 4.69) is 20.7 Å². The van der Waals surface area contributed by atoms with E-state index in [-0.39, 0.29) is 15.7 Å². The summed E-state index contributed by atoms with van der Waals surface area (Å²) in [6, 6.07) is 4.66. The number of ether oxygens (including phenoxy) is 1.